The van der Waals surface area contributed by atoms with Crippen LogP contribution in [0, 0.1) is 6.92 Å². The van der Waals surface area contributed by atoms with E-state index in [0.717, 1.165) is 27.4 Å². The highest BCUT2D eigenvalue weighted by Gasteiger charge is 2.40. The topological polar surface area (TPSA) is 75.4 Å². The molecule has 3 aromatic rings. The summed E-state index contributed by atoms with van der Waals surface area (Å²) in [5.74, 6) is -0.492. The fourth-order valence-corrected chi connectivity index (χ4v) is 6.02. The Morgan fingerprint density at radius 2 is 1.97 bits per heavy atom. The van der Waals surface area contributed by atoms with E-state index in [4.69, 9.17) is 5.10 Å². The van der Waals surface area contributed by atoms with Gasteiger partial charge in [-0.15, -0.1) is 23.1 Å². The average molecular weight is 456 g/mol. The van der Waals surface area contributed by atoms with Crippen molar-refractivity contribution in [3.8, 4) is 5.69 Å². The Labute approximate surface area is 189 Å². The number of rotatable bonds is 4. The van der Waals surface area contributed by atoms with Gasteiger partial charge in [-0.05, 0) is 30.0 Å². The minimum atomic E-state index is -1.05. The number of hydrogen-bond donors (Lipinski definition) is 1. The molecule has 6 nitrogen and oxygen atoms in total. The highest BCUT2D eigenvalue weighted by Crippen LogP contribution is 2.49. The minimum absolute atomic E-state index is 0.0928. The van der Waals surface area contributed by atoms with E-state index in [1.165, 1.54) is 16.7 Å². The van der Waals surface area contributed by atoms with Crippen LogP contribution >= 0.6 is 23.1 Å². The molecule has 1 aliphatic heterocycles. The van der Waals surface area contributed by atoms with Gasteiger partial charge in [-0.2, -0.15) is 5.10 Å². The molecule has 0 aliphatic carbocycles. The lowest BCUT2D eigenvalue weighted by Gasteiger charge is -2.23. The van der Waals surface area contributed by atoms with Crippen molar-refractivity contribution in [3.63, 3.8) is 0 Å². The third kappa shape index (κ3) is 4.02. The van der Waals surface area contributed by atoms with E-state index in [9.17, 15) is 14.7 Å². The summed E-state index contributed by atoms with van der Waals surface area (Å²) < 4.78 is 1.78. The van der Waals surface area contributed by atoms with E-state index < -0.39 is 12.5 Å². The van der Waals surface area contributed by atoms with Crippen molar-refractivity contribution in [2.45, 2.75) is 38.4 Å². The zero-order chi connectivity index (χ0) is 22.3. The third-order valence-corrected chi connectivity index (χ3v) is 7.56. The Morgan fingerprint density at radius 1 is 1.23 bits per heavy atom. The molecule has 1 aliphatic rings. The molecule has 162 valence electrons. The van der Waals surface area contributed by atoms with Crippen LogP contribution in [0.2, 0.25) is 0 Å². The van der Waals surface area contributed by atoms with E-state index in [1.54, 1.807) is 16.0 Å². The Bertz CT molecular complexity index is 1130. The number of carboxylic acid groups (broad SMARTS) is 1. The second-order valence-electron chi connectivity index (χ2n) is 8.61. The molecule has 1 atom stereocenters. The summed E-state index contributed by atoms with van der Waals surface area (Å²) in [6.45, 7) is 7.89. The van der Waals surface area contributed by atoms with Gasteiger partial charge in [-0.1, -0.05) is 45.0 Å². The number of fused-ring (bicyclic) bond motifs is 1. The van der Waals surface area contributed by atoms with E-state index in [-0.39, 0.29) is 22.3 Å². The lowest BCUT2D eigenvalue weighted by Crippen LogP contribution is -2.38. The normalized spacial score (nSPS) is 16.8. The van der Waals surface area contributed by atoms with Crippen molar-refractivity contribution in [2.75, 3.05) is 17.2 Å². The Hall–Kier alpha value is -2.58. The van der Waals surface area contributed by atoms with Crippen molar-refractivity contribution in [1.29, 1.82) is 0 Å². The minimum Gasteiger partial charge on any atom is -0.480 e. The van der Waals surface area contributed by atoms with Crippen molar-refractivity contribution >= 4 is 40.8 Å². The van der Waals surface area contributed by atoms with Gasteiger partial charge in [0, 0.05) is 15.9 Å². The monoisotopic (exact) mass is 455 g/mol. The largest absolute Gasteiger partial charge is 0.480 e. The van der Waals surface area contributed by atoms with Crippen LogP contribution in [0.4, 0.5) is 5.82 Å². The molecular formula is C23H25N3O3S2. The standard InChI is InChI=1S/C23H25N3O3S2/c1-14-8-5-6-9-15(14)26-22-19(21(24-26)23(2,3)4)20(16-10-7-11-30-16)31-13-17(27)25(22)12-18(28)29/h5-11,20H,12-13H2,1-4H3,(H,28,29). The number of benzene rings is 1. The molecule has 3 heterocycles. The first kappa shape index (κ1) is 21.6. The Morgan fingerprint density at radius 3 is 2.58 bits per heavy atom. The maximum atomic E-state index is 13.2. The zero-order valence-electron chi connectivity index (χ0n) is 18.0. The van der Waals surface area contributed by atoms with Crippen molar-refractivity contribution in [1.82, 2.24) is 9.78 Å². The van der Waals surface area contributed by atoms with Gasteiger partial charge < -0.3 is 5.11 Å². The number of carbonyl (C=O) groups excluding carboxylic acids is 1. The smallest absolute Gasteiger partial charge is 0.323 e. The zero-order valence-corrected chi connectivity index (χ0v) is 19.6. The third-order valence-electron chi connectivity index (χ3n) is 5.24. The molecular weight excluding hydrogens is 430 g/mol. The number of aryl methyl sites for hydroxylation is 1. The summed E-state index contributed by atoms with van der Waals surface area (Å²) >= 11 is 3.18. The number of amides is 1. The number of nitrogens with zero attached hydrogens (tertiary/aromatic N) is 3. The summed E-state index contributed by atoms with van der Waals surface area (Å²) in [6, 6.07) is 11.9. The van der Waals surface area contributed by atoms with Gasteiger partial charge in [-0.3, -0.25) is 14.5 Å². The maximum absolute atomic E-state index is 13.2. The Kier molecular flexibility index (Phi) is 5.70. The predicted octanol–water partition coefficient (Wildman–Crippen LogP) is 4.79. The molecule has 2 aromatic heterocycles. The molecule has 0 radical (unpaired) electrons. The van der Waals surface area contributed by atoms with Crippen LogP contribution in [0.15, 0.2) is 41.8 Å². The van der Waals surface area contributed by atoms with E-state index >= 15 is 0 Å². The molecule has 0 fully saturated rings. The number of carbonyl (C=O) groups is 2. The first-order valence-corrected chi connectivity index (χ1v) is 12.0. The first-order valence-electron chi connectivity index (χ1n) is 10.0. The summed E-state index contributed by atoms with van der Waals surface area (Å²) in [5, 5.41) is 16.5. The molecule has 8 heteroatoms. The maximum Gasteiger partial charge on any atom is 0.323 e. The average Bonchev–Trinajstić information content (AvgIpc) is 3.32. The number of thioether (sulfide) groups is 1. The highest BCUT2D eigenvalue weighted by atomic mass is 32.2. The summed E-state index contributed by atoms with van der Waals surface area (Å²) in [7, 11) is 0. The Balaban J connectivity index is 2.09. The van der Waals surface area contributed by atoms with Crippen LogP contribution in [0.3, 0.4) is 0 Å². The van der Waals surface area contributed by atoms with Gasteiger partial charge in [0.15, 0.2) is 0 Å². The number of carboxylic acids is 1. The molecule has 0 saturated heterocycles. The highest BCUT2D eigenvalue weighted by molar-refractivity contribution is 8.00. The van der Waals surface area contributed by atoms with E-state index in [0.29, 0.717) is 5.82 Å². The number of aromatic nitrogens is 2. The van der Waals surface area contributed by atoms with Crippen LogP contribution in [0.5, 0.6) is 0 Å². The second kappa shape index (κ2) is 8.16. The summed E-state index contributed by atoms with van der Waals surface area (Å²) in [4.78, 5) is 27.4. The van der Waals surface area contributed by atoms with E-state index in [2.05, 4.69) is 26.8 Å². The van der Waals surface area contributed by atoms with Crippen LogP contribution in [0.1, 0.15) is 47.7 Å². The fraction of sp³-hybridized carbons (Fsp3) is 0.348. The van der Waals surface area contributed by atoms with Gasteiger partial charge >= 0.3 is 5.97 Å². The van der Waals surface area contributed by atoms with Gasteiger partial charge in [0.2, 0.25) is 5.91 Å². The summed E-state index contributed by atoms with van der Waals surface area (Å²) in [6.07, 6.45) is 0. The van der Waals surface area contributed by atoms with Gasteiger partial charge in [0.25, 0.3) is 0 Å². The van der Waals surface area contributed by atoms with Crippen LogP contribution in [0.25, 0.3) is 5.69 Å². The molecule has 4 rings (SSSR count). The van der Waals surface area contributed by atoms with Crippen molar-refractivity contribution in [2.24, 2.45) is 0 Å². The number of thiophene rings is 1. The van der Waals surface area contributed by atoms with Crippen molar-refractivity contribution < 1.29 is 14.7 Å². The number of anilines is 1. The SMILES string of the molecule is Cc1ccccc1-n1nc(C(C)(C)C)c2c1N(CC(=O)O)C(=O)CSC2c1cccs1. The molecule has 1 N–H and O–H groups in total. The van der Waals surface area contributed by atoms with Crippen LogP contribution in [-0.2, 0) is 15.0 Å². The molecule has 0 spiro atoms. The van der Waals surface area contributed by atoms with Crippen LogP contribution < -0.4 is 4.90 Å². The van der Waals surface area contributed by atoms with Gasteiger partial charge in [0.1, 0.15) is 12.4 Å². The molecule has 1 amide bonds. The molecule has 1 aromatic carbocycles. The number of aliphatic carboxylic acids is 1. The summed E-state index contributed by atoms with van der Waals surface area (Å²) in [5.41, 5.74) is 3.35. The molecule has 31 heavy (non-hydrogen) atoms. The van der Waals surface area contributed by atoms with E-state index in [1.807, 2.05) is 42.6 Å². The first-order chi connectivity index (χ1) is 14.7. The molecule has 1 unspecified atom stereocenters. The van der Waals surface area contributed by atoms with Crippen molar-refractivity contribution in [3.05, 3.63) is 63.5 Å². The lowest BCUT2D eigenvalue weighted by atomic mass is 9.88. The van der Waals surface area contributed by atoms with Gasteiger partial charge in [-0.25, -0.2) is 4.68 Å². The number of hydrogen-bond acceptors (Lipinski definition) is 5. The lowest BCUT2D eigenvalue weighted by molar-refractivity contribution is -0.136. The quantitative estimate of drug-likeness (QED) is 0.612. The van der Waals surface area contributed by atoms with Gasteiger partial charge in [0.05, 0.1) is 22.4 Å². The molecule has 0 bridgehead atoms. The molecule has 0 saturated carbocycles. The number of para-hydroxylation sites is 1. The second-order valence-corrected chi connectivity index (χ2v) is 10.7. The van der Waals surface area contributed by atoms with Crippen LogP contribution in [-0.4, -0.2) is 39.1 Å². The fourth-order valence-electron chi connectivity index (χ4n) is 3.84. The predicted molar refractivity (Wildman–Crippen MR) is 126 cm³/mol.